The van der Waals surface area contributed by atoms with Crippen LogP contribution in [0, 0.1) is 0 Å². The number of nitrogens with zero attached hydrogens (tertiary/aromatic N) is 4. The van der Waals surface area contributed by atoms with E-state index in [1.165, 1.54) is 6.20 Å². The quantitative estimate of drug-likeness (QED) is 0.520. The number of hydrogen-bond donors (Lipinski definition) is 1. The van der Waals surface area contributed by atoms with Crippen LogP contribution in [0.4, 0.5) is 5.95 Å². The third kappa shape index (κ3) is 3.65. The van der Waals surface area contributed by atoms with E-state index in [4.69, 9.17) is 9.26 Å². The number of esters is 1. The summed E-state index contributed by atoms with van der Waals surface area (Å²) in [5.41, 5.74) is 1.61. The van der Waals surface area contributed by atoms with Crippen molar-refractivity contribution in [3.05, 3.63) is 42.0 Å². The highest BCUT2D eigenvalue weighted by Gasteiger charge is 2.14. The number of pyridine rings is 1. The van der Waals surface area contributed by atoms with Crippen molar-refractivity contribution in [2.75, 3.05) is 18.5 Å². The van der Waals surface area contributed by atoms with Gasteiger partial charge in [-0.1, -0.05) is 18.5 Å². The fraction of sp³-hybridized carbons (Fsp3) is 0.312. The van der Waals surface area contributed by atoms with Gasteiger partial charge < -0.3 is 14.6 Å². The smallest absolute Gasteiger partial charge is 0.339 e. The predicted octanol–water partition coefficient (Wildman–Crippen LogP) is 2.23. The number of hydrogen-bond acceptors (Lipinski definition) is 8. The van der Waals surface area contributed by atoms with Crippen molar-refractivity contribution < 1.29 is 14.1 Å². The molecule has 0 amide bonds. The first-order valence-corrected chi connectivity index (χ1v) is 7.70. The summed E-state index contributed by atoms with van der Waals surface area (Å²) in [4.78, 5) is 24.3. The van der Waals surface area contributed by atoms with Gasteiger partial charge in [0.1, 0.15) is 6.61 Å². The summed E-state index contributed by atoms with van der Waals surface area (Å²) in [6, 6.07) is 3.44. The molecule has 0 atom stereocenters. The molecule has 3 aromatic rings. The zero-order chi connectivity index (χ0) is 16.8. The maximum Gasteiger partial charge on any atom is 0.339 e. The standard InChI is InChI=1S/C16H17N5O3/c1-2-4-13-12-9-11(10-20-14(12)24-21-13)15(22)23-8-7-19-16-17-5-3-6-18-16/h3,5-6,9-10H,2,4,7-8H2,1H3,(H,17,18,19). The Labute approximate surface area is 138 Å². The molecular weight excluding hydrogens is 310 g/mol. The van der Waals surface area contributed by atoms with Crippen LogP contribution in [0.1, 0.15) is 29.4 Å². The summed E-state index contributed by atoms with van der Waals surface area (Å²) in [5.74, 6) is 0.0501. The predicted molar refractivity (Wildman–Crippen MR) is 86.6 cm³/mol. The van der Waals surface area contributed by atoms with Crippen LogP contribution in [0.25, 0.3) is 11.1 Å². The number of nitrogens with one attached hydrogen (secondary N) is 1. The molecule has 8 heteroatoms. The van der Waals surface area contributed by atoms with Gasteiger partial charge in [-0.3, -0.25) is 0 Å². The van der Waals surface area contributed by atoms with Crippen LogP contribution in [0.3, 0.4) is 0 Å². The summed E-state index contributed by atoms with van der Waals surface area (Å²) in [6.07, 6.45) is 6.40. The molecule has 0 spiro atoms. The number of anilines is 1. The second-order valence-electron chi connectivity index (χ2n) is 5.09. The number of carbonyl (C=O) groups is 1. The van der Waals surface area contributed by atoms with Crippen molar-refractivity contribution in [2.45, 2.75) is 19.8 Å². The van der Waals surface area contributed by atoms with Gasteiger partial charge in [-0.25, -0.2) is 19.7 Å². The molecule has 0 aliphatic rings. The van der Waals surface area contributed by atoms with Crippen LogP contribution < -0.4 is 5.32 Å². The van der Waals surface area contributed by atoms with Crippen LogP contribution in [-0.2, 0) is 11.2 Å². The highest BCUT2D eigenvalue weighted by atomic mass is 16.5. The number of fused-ring (bicyclic) bond motifs is 1. The van der Waals surface area contributed by atoms with Crippen LogP contribution >= 0.6 is 0 Å². The lowest BCUT2D eigenvalue weighted by Gasteiger charge is -2.06. The van der Waals surface area contributed by atoms with E-state index in [-0.39, 0.29) is 6.61 Å². The van der Waals surface area contributed by atoms with Crippen LogP contribution in [0.15, 0.2) is 35.2 Å². The van der Waals surface area contributed by atoms with E-state index in [1.54, 1.807) is 24.5 Å². The van der Waals surface area contributed by atoms with E-state index in [9.17, 15) is 4.79 Å². The van der Waals surface area contributed by atoms with Crippen LogP contribution in [-0.4, -0.2) is 39.2 Å². The Bertz CT molecular complexity index is 819. The minimum atomic E-state index is -0.441. The van der Waals surface area contributed by atoms with Gasteiger partial charge in [0.05, 0.1) is 23.2 Å². The third-order valence-electron chi connectivity index (χ3n) is 3.31. The molecule has 0 fully saturated rings. The number of carbonyl (C=O) groups excluding carboxylic acids is 1. The molecule has 24 heavy (non-hydrogen) atoms. The minimum absolute atomic E-state index is 0.195. The largest absolute Gasteiger partial charge is 0.460 e. The first-order valence-electron chi connectivity index (χ1n) is 7.70. The maximum atomic E-state index is 12.1. The molecule has 0 radical (unpaired) electrons. The van der Waals surface area contributed by atoms with E-state index < -0.39 is 5.97 Å². The summed E-state index contributed by atoms with van der Waals surface area (Å²) in [5, 5.41) is 7.70. The summed E-state index contributed by atoms with van der Waals surface area (Å²) >= 11 is 0. The van der Waals surface area contributed by atoms with Gasteiger partial charge >= 0.3 is 5.97 Å². The highest BCUT2D eigenvalue weighted by Crippen LogP contribution is 2.19. The molecule has 0 aliphatic heterocycles. The first kappa shape index (κ1) is 15.9. The van der Waals surface area contributed by atoms with Crippen molar-refractivity contribution in [1.82, 2.24) is 20.1 Å². The molecule has 0 saturated carbocycles. The Balaban J connectivity index is 1.58. The normalized spacial score (nSPS) is 10.7. The number of aromatic nitrogens is 4. The topological polar surface area (TPSA) is 103 Å². The third-order valence-corrected chi connectivity index (χ3v) is 3.31. The van der Waals surface area contributed by atoms with Crippen molar-refractivity contribution >= 4 is 23.0 Å². The number of ether oxygens (including phenoxy) is 1. The SMILES string of the molecule is CCCc1noc2ncc(C(=O)OCCNc3ncccn3)cc12. The van der Waals surface area contributed by atoms with E-state index in [2.05, 4.69) is 32.3 Å². The molecule has 0 aliphatic carbocycles. The molecule has 3 aromatic heterocycles. The van der Waals surface area contributed by atoms with E-state index in [1.807, 2.05) is 0 Å². The van der Waals surface area contributed by atoms with Crippen LogP contribution in [0.5, 0.6) is 0 Å². The molecule has 0 bridgehead atoms. The Kier molecular flexibility index (Phi) is 4.95. The summed E-state index contributed by atoms with van der Waals surface area (Å²) in [6.45, 7) is 2.66. The second-order valence-corrected chi connectivity index (χ2v) is 5.09. The zero-order valence-electron chi connectivity index (χ0n) is 13.2. The summed E-state index contributed by atoms with van der Waals surface area (Å²) in [7, 11) is 0. The van der Waals surface area contributed by atoms with E-state index >= 15 is 0 Å². The van der Waals surface area contributed by atoms with E-state index in [0.29, 0.717) is 23.8 Å². The lowest BCUT2D eigenvalue weighted by molar-refractivity contribution is 0.0520. The van der Waals surface area contributed by atoms with Gasteiger partial charge in [-0.05, 0) is 18.6 Å². The van der Waals surface area contributed by atoms with Gasteiger partial charge in [-0.2, -0.15) is 0 Å². The second kappa shape index (κ2) is 7.49. The van der Waals surface area contributed by atoms with Gasteiger partial charge in [0, 0.05) is 18.6 Å². The Morgan fingerprint density at radius 3 is 2.92 bits per heavy atom. The minimum Gasteiger partial charge on any atom is -0.460 e. The van der Waals surface area contributed by atoms with E-state index in [0.717, 1.165) is 23.9 Å². The van der Waals surface area contributed by atoms with Crippen molar-refractivity contribution in [2.24, 2.45) is 0 Å². The average Bonchev–Trinajstić information content (AvgIpc) is 3.02. The van der Waals surface area contributed by atoms with Crippen molar-refractivity contribution in [3.8, 4) is 0 Å². The zero-order valence-corrected chi connectivity index (χ0v) is 13.2. The average molecular weight is 327 g/mol. The molecule has 0 unspecified atom stereocenters. The van der Waals surface area contributed by atoms with Gasteiger partial charge in [0.2, 0.25) is 5.95 Å². The molecular formula is C16H17N5O3. The lowest BCUT2D eigenvalue weighted by Crippen LogP contribution is -2.15. The summed E-state index contributed by atoms with van der Waals surface area (Å²) < 4.78 is 10.4. The Morgan fingerprint density at radius 2 is 2.12 bits per heavy atom. The highest BCUT2D eigenvalue weighted by molar-refractivity contribution is 5.93. The molecule has 0 aromatic carbocycles. The maximum absolute atomic E-state index is 12.1. The molecule has 124 valence electrons. The van der Waals surface area contributed by atoms with Gasteiger partial charge in [0.15, 0.2) is 0 Å². The molecule has 3 heterocycles. The number of aryl methyl sites for hydroxylation is 1. The first-order chi connectivity index (χ1) is 11.8. The molecule has 3 rings (SSSR count). The van der Waals surface area contributed by atoms with Crippen LogP contribution in [0.2, 0.25) is 0 Å². The van der Waals surface area contributed by atoms with Crippen molar-refractivity contribution in [3.63, 3.8) is 0 Å². The monoisotopic (exact) mass is 327 g/mol. The Hall–Kier alpha value is -3.03. The van der Waals surface area contributed by atoms with Gasteiger partial charge in [-0.15, -0.1) is 0 Å². The molecule has 1 N–H and O–H groups in total. The lowest BCUT2D eigenvalue weighted by atomic mass is 10.1. The van der Waals surface area contributed by atoms with Gasteiger partial charge in [0.25, 0.3) is 5.71 Å². The fourth-order valence-corrected chi connectivity index (χ4v) is 2.19. The molecule has 8 nitrogen and oxygen atoms in total. The Morgan fingerprint density at radius 1 is 1.29 bits per heavy atom. The number of rotatable bonds is 7. The molecule has 0 saturated heterocycles. The van der Waals surface area contributed by atoms with Crippen molar-refractivity contribution in [1.29, 1.82) is 0 Å². The fourth-order valence-electron chi connectivity index (χ4n) is 2.19.